The Morgan fingerprint density at radius 3 is 2.43 bits per heavy atom. The highest BCUT2D eigenvalue weighted by molar-refractivity contribution is 7.98. The number of aryl methyl sites for hydroxylation is 1. The predicted octanol–water partition coefficient (Wildman–Crippen LogP) is 5.62. The summed E-state index contributed by atoms with van der Waals surface area (Å²) in [5.41, 5.74) is 3.72. The van der Waals surface area contributed by atoms with Crippen LogP contribution in [0.2, 0.25) is 0 Å². The van der Waals surface area contributed by atoms with E-state index in [9.17, 15) is 4.39 Å². The summed E-state index contributed by atoms with van der Waals surface area (Å²) < 4.78 is 26.4. The highest BCUT2D eigenvalue weighted by Crippen LogP contribution is 2.43. The Balaban J connectivity index is 2.27. The maximum Gasteiger partial charge on any atom is 0.147 e. The lowest BCUT2D eigenvalue weighted by Gasteiger charge is -2.24. The van der Waals surface area contributed by atoms with Crippen LogP contribution >= 0.6 is 11.8 Å². The number of alkyl halides is 1. The number of benzene rings is 1. The van der Waals surface area contributed by atoms with E-state index in [0.29, 0.717) is 13.0 Å². The zero-order valence-electron chi connectivity index (χ0n) is 18.4. The van der Waals surface area contributed by atoms with Gasteiger partial charge in [-0.3, -0.25) is 8.79 Å². The molecule has 2 aromatic heterocycles. The smallest absolute Gasteiger partial charge is 0.147 e. The molecule has 0 aliphatic heterocycles. The van der Waals surface area contributed by atoms with E-state index in [-0.39, 0.29) is 6.67 Å². The standard InChI is InChI=1S/C23H30FN3O2S/c1-6-11-26(12-8-10-24)23-22(30-5)25-21-17(9-7-13-27(21)23)20-18(28-3)14-16(2)15-19(20)29-4/h7,9,13-15H,6,8,10-12H2,1-5H3. The third-order valence-electron chi connectivity index (χ3n) is 5.06. The summed E-state index contributed by atoms with van der Waals surface area (Å²) >= 11 is 1.61. The molecule has 30 heavy (non-hydrogen) atoms. The first kappa shape index (κ1) is 22.3. The van der Waals surface area contributed by atoms with E-state index >= 15 is 0 Å². The second kappa shape index (κ2) is 10.1. The fourth-order valence-electron chi connectivity index (χ4n) is 3.81. The Bertz CT molecular complexity index is 981. The van der Waals surface area contributed by atoms with Gasteiger partial charge in [0.25, 0.3) is 0 Å². The number of halogens is 1. The first-order valence-corrected chi connectivity index (χ1v) is 11.4. The summed E-state index contributed by atoms with van der Waals surface area (Å²) in [6.45, 7) is 5.34. The maximum atomic E-state index is 12.9. The first-order chi connectivity index (χ1) is 14.6. The predicted molar refractivity (Wildman–Crippen MR) is 123 cm³/mol. The number of anilines is 1. The minimum atomic E-state index is -0.325. The molecule has 162 valence electrons. The molecule has 0 fully saturated rings. The van der Waals surface area contributed by atoms with Gasteiger partial charge in [-0.1, -0.05) is 6.92 Å². The molecule has 0 bridgehead atoms. The molecule has 3 aromatic rings. The Morgan fingerprint density at radius 1 is 1.17 bits per heavy atom. The summed E-state index contributed by atoms with van der Waals surface area (Å²) in [6.07, 6.45) is 5.52. The molecule has 3 rings (SSSR count). The van der Waals surface area contributed by atoms with Crippen LogP contribution < -0.4 is 14.4 Å². The number of nitrogens with zero attached hydrogens (tertiary/aromatic N) is 3. The SMILES string of the molecule is CCCN(CCCF)c1c(SC)nc2c(-c3c(OC)cc(C)cc3OC)cccn12. The minimum Gasteiger partial charge on any atom is -0.496 e. The Kier molecular flexibility index (Phi) is 7.48. The highest BCUT2D eigenvalue weighted by Gasteiger charge is 2.23. The number of rotatable bonds is 10. The molecule has 0 saturated heterocycles. The summed E-state index contributed by atoms with van der Waals surface area (Å²) in [5.74, 6) is 2.51. The molecule has 2 heterocycles. The molecular formula is C23H30FN3O2S. The van der Waals surface area contributed by atoms with Gasteiger partial charge in [-0.05, 0) is 55.9 Å². The lowest BCUT2D eigenvalue weighted by molar-refractivity contribution is 0.397. The fourth-order valence-corrected chi connectivity index (χ4v) is 4.39. The molecule has 0 amide bonds. The number of hydrogen-bond donors (Lipinski definition) is 0. The fraction of sp³-hybridized carbons (Fsp3) is 0.435. The molecule has 0 saturated carbocycles. The van der Waals surface area contributed by atoms with Crippen LogP contribution in [0.25, 0.3) is 16.8 Å². The second-order valence-corrected chi connectivity index (χ2v) is 7.93. The van der Waals surface area contributed by atoms with Crippen molar-refractivity contribution in [1.82, 2.24) is 9.38 Å². The van der Waals surface area contributed by atoms with Crippen LogP contribution in [-0.4, -0.2) is 49.6 Å². The molecule has 0 N–H and O–H groups in total. The second-order valence-electron chi connectivity index (χ2n) is 7.13. The molecule has 1 aromatic carbocycles. The van der Waals surface area contributed by atoms with Gasteiger partial charge in [-0.2, -0.15) is 0 Å². The topological polar surface area (TPSA) is 39.0 Å². The number of aromatic nitrogens is 2. The van der Waals surface area contributed by atoms with E-state index in [2.05, 4.69) is 16.2 Å². The summed E-state index contributed by atoms with van der Waals surface area (Å²) in [6, 6.07) is 8.06. The van der Waals surface area contributed by atoms with Crippen LogP contribution in [0.3, 0.4) is 0 Å². The molecule has 0 aliphatic rings. The van der Waals surface area contributed by atoms with Crippen molar-refractivity contribution in [3.05, 3.63) is 36.0 Å². The van der Waals surface area contributed by atoms with Crippen LogP contribution in [0, 0.1) is 6.92 Å². The Hall–Kier alpha value is -2.41. The van der Waals surface area contributed by atoms with E-state index in [1.807, 2.05) is 43.6 Å². The van der Waals surface area contributed by atoms with Crippen LogP contribution in [-0.2, 0) is 0 Å². The summed E-state index contributed by atoms with van der Waals surface area (Å²) in [4.78, 5) is 7.21. The summed E-state index contributed by atoms with van der Waals surface area (Å²) in [7, 11) is 3.34. The third-order valence-corrected chi connectivity index (χ3v) is 5.72. The van der Waals surface area contributed by atoms with Gasteiger partial charge < -0.3 is 14.4 Å². The van der Waals surface area contributed by atoms with Gasteiger partial charge in [0.1, 0.15) is 28.0 Å². The summed E-state index contributed by atoms with van der Waals surface area (Å²) in [5, 5.41) is 0.930. The van der Waals surface area contributed by atoms with Crippen molar-refractivity contribution in [2.75, 3.05) is 45.1 Å². The van der Waals surface area contributed by atoms with Gasteiger partial charge in [-0.25, -0.2) is 4.98 Å². The van der Waals surface area contributed by atoms with Crippen molar-refractivity contribution in [3.8, 4) is 22.6 Å². The lowest BCUT2D eigenvalue weighted by atomic mass is 10.0. The normalized spacial score (nSPS) is 11.1. The van der Waals surface area contributed by atoms with Gasteiger partial charge in [0.05, 0.1) is 26.5 Å². The van der Waals surface area contributed by atoms with E-state index in [4.69, 9.17) is 14.5 Å². The van der Waals surface area contributed by atoms with E-state index < -0.39 is 0 Å². The minimum absolute atomic E-state index is 0.325. The number of thioether (sulfide) groups is 1. The molecule has 5 nitrogen and oxygen atoms in total. The van der Waals surface area contributed by atoms with E-state index in [1.165, 1.54) is 0 Å². The van der Waals surface area contributed by atoms with Crippen molar-refractivity contribution in [1.29, 1.82) is 0 Å². The van der Waals surface area contributed by atoms with Gasteiger partial charge >= 0.3 is 0 Å². The highest BCUT2D eigenvalue weighted by atomic mass is 32.2. The zero-order valence-corrected chi connectivity index (χ0v) is 19.2. The quantitative estimate of drug-likeness (QED) is 0.389. The number of pyridine rings is 1. The third kappa shape index (κ3) is 4.21. The van der Waals surface area contributed by atoms with Crippen molar-refractivity contribution in [2.24, 2.45) is 0 Å². The average Bonchev–Trinajstić information content (AvgIpc) is 3.14. The van der Waals surface area contributed by atoms with Crippen molar-refractivity contribution in [3.63, 3.8) is 0 Å². The monoisotopic (exact) mass is 431 g/mol. The van der Waals surface area contributed by atoms with Gasteiger partial charge in [0, 0.05) is 24.8 Å². The van der Waals surface area contributed by atoms with Gasteiger partial charge in [-0.15, -0.1) is 11.8 Å². The van der Waals surface area contributed by atoms with E-state index in [0.717, 1.165) is 57.6 Å². The lowest BCUT2D eigenvalue weighted by Crippen LogP contribution is -2.27. The molecular weight excluding hydrogens is 401 g/mol. The number of ether oxygens (including phenoxy) is 2. The molecule has 7 heteroatoms. The molecule has 0 atom stereocenters. The number of imidazole rings is 1. The number of methoxy groups -OCH3 is 2. The maximum absolute atomic E-state index is 12.9. The Morgan fingerprint density at radius 2 is 1.87 bits per heavy atom. The van der Waals surface area contributed by atoms with Crippen molar-refractivity contribution >= 4 is 23.2 Å². The van der Waals surface area contributed by atoms with Crippen LogP contribution in [0.15, 0.2) is 35.5 Å². The number of hydrogen-bond acceptors (Lipinski definition) is 5. The molecule has 0 radical (unpaired) electrons. The average molecular weight is 432 g/mol. The van der Waals surface area contributed by atoms with Crippen LogP contribution in [0.4, 0.5) is 10.2 Å². The van der Waals surface area contributed by atoms with Crippen molar-refractivity contribution in [2.45, 2.75) is 31.7 Å². The Labute approximate surface area is 182 Å². The van der Waals surface area contributed by atoms with Crippen molar-refractivity contribution < 1.29 is 13.9 Å². The molecule has 0 spiro atoms. The number of fused-ring (bicyclic) bond motifs is 1. The van der Waals surface area contributed by atoms with Crippen LogP contribution in [0.5, 0.6) is 11.5 Å². The van der Waals surface area contributed by atoms with Gasteiger partial charge in [0.2, 0.25) is 0 Å². The van der Waals surface area contributed by atoms with Gasteiger partial charge in [0.15, 0.2) is 0 Å². The largest absolute Gasteiger partial charge is 0.496 e. The first-order valence-electron chi connectivity index (χ1n) is 10.2. The molecule has 0 aliphatic carbocycles. The molecule has 0 unspecified atom stereocenters. The van der Waals surface area contributed by atoms with Crippen LogP contribution in [0.1, 0.15) is 25.3 Å². The van der Waals surface area contributed by atoms with E-state index in [1.54, 1.807) is 26.0 Å². The zero-order chi connectivity index (χ0) is 21.7.